The number of phenols is 2. The molecule has 0 saturated heterocycles. The normalized spacial score (nSPS) is 13.0. The molecule has 0 radical (unpaired) electrons. The second kappa shape index (κ2) is 14.2. The van der Waals surface area contributed by atoms with Crippen molar-refractivity contribution in [2.24, 2.45) is 5.73 Å². The van der Waals surface area contributed by atoms with Crippen molar-refractivity contribution in [3.05, 3.63) is 59.7 Å². The molecule has 0 bridgehead atoms. The molecule has 0 saturated carbocycles. The molecule has 13 heteroatoms. The average molecular weight is 531 g/mol. The SMILES string of the molecule is NC(CCC(=O)O)C(=O)NCC(=O)NC(Cc1ccc(O)cc1)C(=O)NC(Cc1ccc(O)cc1)C(=O)O. The van der Waals surface area contributed by atoms with Crippen molar-refractivity contribution < 1.29 is 44.4 Å². The molecule has 2 aromatic rings. The molecule has 3 unspecified atom stereocenters. The van der Waals surface area contributed by atoms with Gasteiger partial charge in [-0.2, -0.15) is 0 Å². The van der Waals surface area contributed by atoms with Gasteiger partial charge in [-0.15, -0.1) is 0 Å². The number of nitrogens with two attached hydrogens (primary N) is 1. The molecule has 0 aliphatic heterocycles. The predicted octanol–water partition coefficient (Wildman–Crippen LogP) is -0.754. The lowest BCUT2D eigenvalue weighted by Gasteiger charge is -2.22. The Morgan fingerprint density at radius 3 is 1.71 bits per heavy atom. The van der Waals surface area contributed by atoms with E-state index in [1.54, 1.807) is 0 Å². The Bertz CT molecular complexity index is 1140. The van der Waals surface area contributed by atoms with E-state index >= 15 is 0 Å². The minimum absolute atomic E-state index is 0.00346. The van der Waals surface area contributed by atoms with Crippen molar-refractivity contribution in [2.45, 2.75) is 43.8 Å². The third-order valence-electron chi connectivity index (χ3n) is 5.45. The van der Waals surface area contributed by atoms with Gasteiger partial charge in [-0.05, 0) is 41.8 Å². The van der Waals surface area contributed by atoms with E-state index in [2.05, 4.69) is 16.0 Å². The Labute approximate surface area is 217 Å². The summed E-state index contributed by atoms with van der Waals surface area (Å²) < 4.78 is 0. The highest BCUT2D eigenvalue weighted by Crippen LogP contribution is 2.13. The summed E-state index contributed by atoms with van der Waals surface area (Å²) in [7, 11) is 0. The van der Waals surface area contributed by atoms with E-state index in [4.69, 9.17) is 10.8 Å². The Morgan fingerprint density at radius 1 is 0.737 bits per heavy atom. The molecule has 0 spiro atoms. The summed E-state index contributed by atoms with van der Waals surface area (Å²) in [5.74, 6) is -4.78. The van der Waals surface area contributed by atoms with Crippen molar-refractivity contribution in [3.63, 3.8) is 0 Å². The number of hydrogen-bond donors (Lipinski definition) is 8. The van der Waals surface area contributed by atoms with Crippen LogP contribution >= 0.6 is 0 Å². The second-order valence-corrected chi connectivity index (χ2v) is 8.52. The first kappa shape index (κ1) is 29.6. The van der Waals surface area contributed by atoms with Crippen LogP contribution in [0.3, 0.4) is 0 Å². The molecule has 2 aromatic carbocycles. The lowest BCUT2D eigenvalue weighted by molar-refractivity contribution is -0.142. The van der Waals surface area contributed by atoms with Crippen LogP contribution in [0, 0.1) is 0 Å². The number of carbonyl (C=O) groups excluding carboxylic acids is 3. The van der Waals surface area contributed by atoms with E-state index in [1.165, 1.54) is 48.5 Å². The number of hydrogen-bond acceptors (Lipinski definition) is 8. The molecule has 204 valence electrons. The summed E-state index contributed by atoms with van der Waals surface area (Å²) in [6.45, 7) is -0.561. The van der Waals surface area contributed by atoms with Crippen molar-refractivity contribution in [3.8, 4) is 11.5 Å². The fourth-order valence-corrected chi connectivity index (χ4v) is 3.37. The third kappa shape index (κ3) is 10.1. The minimum Gasteiger partial charge on any atom is -0.508 e. The van der Waals surface area contributed by atoms with E-state index in [9.17, 15) is 39.3 Å². The molecule has 0 aliphatic rings. The third-order valence-corrected chi connectivity index (χ3v) is 5.45. The van der Waals surface area contributed by atoms with Gasteiger partial charge in [-0.25, -0.2) is 4.79 Å². The number of carboxylic acid groups (broad SMARTS) is 2. The van der Waals surface area contributed by atoms with Crippen molar-refractivity contribution in [2.75, 3.05) is 6.54 Å². The maximum absolute atomic E-state index is 13.1. The van der Waals surface area contributed by atoms with Gasteiger partial charge in [0.2, 0.25) is 17.7 Å². The predicted molar refractivity (Wildman–Crippen MR) is 133 cm³/mol. The smallest absolute Gasteiger partial charge is 0.326 e. The Hall–Kier alpha value is -4.65. The Morgan fingerprint density at radius 2 is 1.24 bits per heavy atom. The van der Waals surface area contributed by atoms with Gasteiger partial charge < -0.3 is 42.1 Å². The van der Waals surface area contributed by atoms with Gasteiger partial charge in [-0.1, -0.05) is 24.3 Å². The van der Waals surface area contributed by atoms with Crippen molar-refractivity contribution in [1.29, 1.82) is 0 Å². The molecule has 0 aromatic heterocycles. The van der Waals surface area contributed by atoms with E-state index < -0.39 is 54.3 Å². The topological polar surface area (TPSA) is 228 Å². The van der Waals surface area contributed by atoms with Gasteiger partial charge >= 0.3 is 11.9 Å². The van der Waals surface area contributed by atoms with Crippen LogP contribution in [0.5, 0.6) is 11.5 Å². The van der Waals surface area contributed by atoms with Gasteiger partial charge in [0.05, 0.1) is 12.6 Å². The largest absolute Gasteiger partial charge is 0.508 e. The van der Waals surface area contributed by atoms with Crippen molar-refractivity contribution in [1.82, 2.24) is 16.0 Å². The number of nitrogens with one attached hydrogen (secondary N) is 3. The van der Waals surface area contributed by atoms with Crippen LogP contribution in [0.2, 0.25) is 0 Å². The zero-order valence-electron chi connectivity index (χ0n) is 20.3. The fourth-order valence-electron chi connectivity index (χ4n) is 3.37. The molecule has 2 rings (SSSR count). The highest BCUT2D eigenvalue weighted by molar-refractivity contribution is 5.92. The Kier molecular flexibility index (Phi) is 11.0. The van der Waals surface area contributed by atoms with Gasteiger partial charge in [0.25, 0.3) is 0 Å². The molecule has 0 heterocycles. The zero-order valence-corrected chi connectivity index (χ0v) is 20.3. The lowest BCUT2D eigenvalue weighted by Crippen LogP contribution is -2.54. The van der Waals surface area contributed by atoms with Crippen LogP contribution in [0.4, 0.5) is 0 Å². The number of benzene rings is 2. The summed E-state index contributed by atoms with van der Waals surface area (Å²) in [6.07, 6.45) is -0.613. The molecule has 0 aliphatic carbocycles. The van der Waals surface area contributed by atoms with Gasteiger partial charge in [0.1, 0.15) is 23.6 Å². The van der Waals surface area contributed by atoms with E-state index in [0.717, 1.165) is 0 Å². The monoisotopic (exact) mass is 530 g/mol. The fraction of sp³-hybridized carbons (Fsp3) is 0.320. The van der Waals surface area contributed by atoms with Crippen LogP contribution in [0.25, 0.3) is 0 Å². The number of amides is 3. The summed E-state index contributed by atoms with van der Waals surface area (Å²) in [4.78, 5) is 60.0. The minimum atomic E-state index is -1.35. The molecule has 13 nitrogen and oxygen atoms in total. The standard InChI is InChI=1S/C25H30N4O9/c26-18(9-10-22(33)34)23(35)27-13-21(32)28-19(11-14-1-5-16(30)6-2-14)24(36)29-20(25(37)38)12-15-3-7-17(31)8-4-15/h1-8,18-20,30-31H,9-13,26H2,(H,27,35)(H,28,32)(H,29,36)(H,33,34)(H,37,38). The van der Waals surface area contributed by atoms with Crippen LogP contribution in [0.15, 0.2) is 48.5 Å². The number of phenolic OH excluding ortho intramolecular Hbond substituents is 2. The van der Waals surface area contributed by atoms with Gasteiger partial charge in [-0.3, -0.25) is 19.2 Å². The van der Waals surface area contributed by atoms with Gasteiger partial charge in [0, 0.05) is 19.3 Å². The molecule has 0 fully saturated rings. The first-order valence-electron chi connectivity index (χ1n) is 11.6. The average Bonchev–Trinajstić information content (AvgIpc) is 2.87. The summed E-state index contributed by atoms with van der Waals surface area (Å²) in [5.41, 5.74) is 6.70. The number of carboxylic acids is 2. The number of aromatic hydroxyl groups is 2. The van der Waals surface area contributed by atoms with E-state index in [1.807, 2.05) is 0 Å². The molecular formula is C25H30N4O9. The van der Waals surface area contributed by atoms with Crippen LogP contribution < -0.4 is 21.7 Å². The van der Waals surface area contributed by atoms with Crippen molar-refractivity contribution >= 4 is 29.7 Å². The maximum Gasteiger partial charge on any atom is 0.326 e. The molecule has 3 amide bonds. The quantitative estimate of drug-likeness (QED) is 0.152. The Balaban J connectivity index is 2.09. The zero-order chi connectivity index (χ0) is 28.2. The summed E-state index contributed by atoms with van der Waals surface area (Å²) in [5, 5.41) is 44.4. The highest BCUT2D eigenvalue weighted by Gasteiger charge is 2.27. The first-order valence-corrected chi connectivity index (χ1v) is 11.6. The molecule has 9 N–H and O–H groups in total. The van der Waals surface area contributed by atoms with E-state index in [0.29, 0.717) is 11.1 Å². The van der Waals surface area contributed by atoms with Crippen LogP contribution in [-0.4, -0.2) is 74.8 Å². The molecule has 38 heavy (non-hydrogen) atoms. The highest BCUT2D eigenvalue weighted by atomic mass is 16.4. The summed E-state index contributed by atoms with van der Waals surface area (Å²) in [6, 6.07) is 7.86. The number of aliphatic carboxylic acids is 2. The summed E-state index contributed by atoms with van der Waals surface area (Å²) >= 11 is 0. The van der Waals surface area contributed by atoms with Gasteiger partial charge in [0.15, 0.2) is 0 Å². The molecular weight excluding hydrogens is 500 g/mol. The molecule has 3 atom stereocenters. The maximum atomic E-state index is 13.1. The number of rotatable bonds is 14. The van der Waals surface area contributed by atoms with Crippen LogP contribution in [-0.2, 0) is 36.8 Å². The number of carbonyl (C=O) groups is 5. The lowest BCUT2D eigenvalue weighted by atomic mass is 10.0. The first-order chi connectivity index (χ1) is 17.9. The van der Waals surface area contributed by atoms with Crippen LogP contribution in [0.1, 0.15) is 24.0 Å². The van der Waals surface area contributed by atoms with E-state index in [-0.39, 0.29) is 37.2 Å². The second-order valence-electron chi connectivity index (χ2n) is 8.52.